The summed E-state index contributed by atoms with van der Waals surface area (Å²) in [5.74, 6) is 1.54. The maximum absolute atomic E-state index is 5.69. The van der Waals surface area contributed by atoms with Gasteiger partial charge in [-0.1, -0.05) is 24.9 Å². The van der Waals surface area contributed by atoms with Crippen LogP contribution in [0.5, 0.6) is 0 Å². The van der Waals surface area contributed by atoms with E-state index >= 15 is 0 Å². The van der Waals surface area contributed by atoms with Crippen molar-refractivity contribution in [3.05, 3.63) is 11.7 Å². The Morgan fingerprint density at radius 2 is 2.10 bits per heavy atom. The summed E-state index contributed by atoms with van der Waals surface area (Å²) in [7, 11) is 0. The second-order valence-electron chi connectivity index (χ2n) is 5.85. The summed E-state index contributed by atoms with van der Waals surface area (Å²) >= 11 is 0. The molecule has 0 bridgehead atoms. The Morgan fingerprint density at radius 1 is 1.24 bits per heavy atom. The average molecular weight is 295 g/mol. The lowest BCUT2D eigenvalue weighted by Crippen LogP contribution is -2.46. The molecule has 6 heteroatoms. The van der Waals surface area contributed by atoms with Gasteiger partial charge in [-0.2, -0.15) is 4.98 Å². The van der Waals surface area contributed by atoms with E-state index in [1.165, 1.54) is 12.8 Å². The normalized spacial score (nSPS) is 24.7. The summed E-state index contributed by atoms with van der Waals surface area (Å²) in [6.07, 6.45) is 6.62. The molecule has 2 fully saturated rings. The molecule has 3 rings (SSSR count). The fraction of sp³-hybridized carbons (Fsp3) is 0.867. The zero-order valence-corrected chi connectivity index (χ0v) is 12.8. The summed E-state index contributed by atoms with van der Waals surface area (Å²) in [5.41, 5.74) is 0. The van der Waals surface area contributed by atoms with E-state index in [1.54, 1.807) is 0 Å². The molecule has 2 saturated heterocycles. The van der Waals surface area contributed by atoms with Crippen LogP contribution in [0.25, 0.3) is 0 Å². The monoisotopic (exact) mass is 295 g/mol. The van der Waals surface area contributed by atoms with Crippen LogP contribution in [0, 0.1) is 0 Å². The van der Waals surface area contributed by atoms with E-state index < -0.39 is 0 Å². The molecule has 1 atom stereocenters. The number of ether oxygens (including phenoxy) is 2. The van der Waals surface area contributed by atoms with Gasteiger partial charge in [0.25, 0.3) is 0 Å². The molecule has 0 spiro atoms. The van der Waals surface area contributed by atoms with Crippen LogP contribution in [0.15, 0.2) is 4.52 Å². The van der Waals surface area contributed by atoms with E-state index in [1.807, 2.05) is 0 Å². The molecule has 6 nitrogen and oxygen atoms in total. The van der Waals surface area contributed by atoms with Crippen molar-refractivity contribution in [2.24, 2.45) is 0 Å². The minimum absolute atomic E-state index is 0.0900. The summed E-state index contributed by atoms with van der Waals surface area (Å²) < 4.78 is 16.8. The lowest BCUT2D eigenvalue weighted by atomic mass is 10.0. The van der Waals surface area contributed by atoms with Crippen molar-refractivity contribution in [1.82, 2.24) is 15.0 Å². The molecule has 0 amide bonds. The second-order valence-corrected chi connectivity index (χ2v) is 5.85. The number of hydrogen-bond acceptors (Lipinski definition) is 6. The Bertz CT molecular complexity index is 432. The van der Waals surface area contributed by atoms with Gasteiger partial charge in [-0.05, 0) is 25.8 Å². The smallest absolute Gasteiger partial charge is 0.240 e. The van der Waals surface area contributed by atoms with E-state index in [0.717, 1.165) is 38.1 Å². The van der Waals surface area contributed by atoms with Gasteiger partial charge in [0.1, 0.15) is 0 Å². The van der Waals surface area contributed by atoms with Crippen molar-refractivity contribution >= 4 is 0 Å². The third-order valence-electron chi connectivity index (χ3n) is 4.23. The summed E-state index contributed by atoms with van der Waals surface area (Å²) in [6.45, 7) is 5.32. The van der Waals surface area contributed by atoms with Crippen molar-refractivity contribution < 1.29 is 14.0 Å². The molecule has 118 valence electrons. The van der Waals surface area contributed by atoms with Gasteiger partial charge in [0.2, 0.25) is 5.89 Å². The number of unbranched alkanes of at least 4 members (excludes halogenated alkanes) is 1. The summed E-state index contributed by atoms with van der Waals surface area (Å²) in [6, 6.07) is 0.312. The van der Waals surface area contributed by atoms with Crippen LogP contribution in [0.4, 0.5) is 0 Å². The first-order valence-corrected chi connectivity index (χ1v) is 8.15. The standard InChI is InChI=1S/C15H25N3O3/c1-2-3-7-13-16-14(21-17-13)11-18-8-5-4-6-12(18)15-19-9-10-20-15/h12,15H,2-11H2,1H3/t12-/m1/s1. The van der Waals surface area contributed by atoms with Crippen molar-refractivity contribution in [3.63, 3.8) is 0 Å². The van der Waals surface area contributed by atoms with Crippen molar-refractivity contribution in [2.45, 2.75) is 64.3 Å². The summed E-state index contributed by atoms with van der Waals surface area (Å²) in [4.78, 5) is 6.87. The highest BCUT2D eigenvalue weighted by Crippen LogP contribution is 2.25. The van der Waals surface area contributed by atoms with Crippen LogP contribution >= 0.6 is 0 Å². The van der Waals surface area contributed by atoms with E-state index in [4.69, 9.17) is 14.0 Å². The summed E-state index contributed by atoms with van der Waals surface area (Å²) in [5, 5.41) is 4.07. The predicted molar refractivity (Wildman–Crippen MR) is 76.7 cm³/mol. The molecule has 1 aromatic heterocycles. The molecule has 0 radical (unpaired) electrons. The van der Waals surface area contributed by atoms with Crippen LogP contribution in [0.2, 0.25) is 0 Å². The Morgan fingerprint density at radius 3 is 2.90 bits per heavy atom. The first-order chi connectivity index (χ1) is 10.4. The lowest BCUT2D eigenvalue weighted by Gasteiger charge is -2.36. The first kappa shape index (κ1) is 14.9. The van der Waals surface area contributed by atoms with Crippen LogP contribution < -0.4 is 0 Å². The maximum Gasteiger partial charge on any atom is 0.240 e. The van der Waals surface area contributed by atoms with Crippen LogP contribution in [0.1, 0.15) is 50.7 Å². The zero-order chi connectivity index (χ0) is 14.5. The highest BCUT2D eigenvalue weighted by atomic mass is 16.7. The predicted octanol–water partition coefficient (Wildman–Crippen LogP) is 2.14. The molecule has 2 aliphatic heterocycles. The van der Waals surface area contributed by atoms with Gasteiger partial charge < -0.3 is 14.0 Å². The number of aryl methyl sites for hydroxylation is 1. The van der Waals surface area contributed by atoms with Crippen LogP contribution in [-0.4, -0.2) is 47.1 Å². The Labute approximate surface area is 125 Å². The molecule has 1 aromatic rings. The number of likely N-dealkylation sites (tertiary alicyclic amines) is 1. The molecular weight excluding hydrogens is 270 g/mol. The molecular formula is C15H25N3O3. The van der Waals surface area contributed by atoms with Crippen LogP contribution in [-0.2, 0) is 22.4 Å². The maximum atomic E-state index is 5.69. The van der Waals surface area contributed by atoms with E-state index in [0.29, 0.717) is 31.7 Å². The van der Waals surface area contributed by atoms with Gasteiger partial charge in [0.15, 0.2) is 12.1 Å². The number of hydrogen-bond donors (Lipinski definition) is 0. The zero-order valence-electron chi connectivity index (χ0n) is 12.8. The van der Waals surface area contributed by atoms with Gasteiger partial charge in [-0.3, -0.25) is 4.90 Å². The first-order valence-electron chi connectivity index (χ1n) is 8.15. The fourth-order valence-corrected chi connectivity index (χ4v) is 3.08. The lowest BCUT2D eigenvalue weighted by molar-refractivity contribution is -0.112. The largest absolute Gasteiger partial charge is 0.349 e. The van der Waals surface area contributed by atoms with Gasteiger partial charge >= 0.3 is 0 Å². The second kappa shape index (κ2) is 7.33. The Hall–Kier alpha value is -0.980. The number of piperidine rings is 1. The number of aromatic nitrogens is 2. The molecule has 0 N–H and O–H groups in total. The fourth-order valence-electron chi connectivity index (χ4n) is 3.08. The highest BCUT2D eigenvalue weighted by Gasteiger charge is 2.34. The van der Waals surface area contributed by atoms with Crippen molar-refractivity contribution in [3.8, 4) is 0 Å². The van der Waals surface area contributed by atoms with Crippen molar-refractivity contribution in [1.29, 1.82) is 0 Å². The van der Waals surface area contributed by atoms with Gasteiger partial charge in [0.05, 0.1) is 25.8 Å². The van der Waals surface area contributed by atoms with E-state index in [-0.39, 0.29) is 6.29 Å². The third kappa shape index (κ3) is 3.81. The SMILES string of the molecule is CCCCc1noc(CN2CCCC[C@@H]2C2OCCO2)n1. The number of nitrogens with zero attached hydrogens (tertiary/aromatic N) is 3. The molecule has 0 saturated carbocycles. The topological polar surface area (TPSA) is 60.6 Å². The Kier molecular flexibility index (Phi) is 5.22. The molecule has 0 aliphatic carbocycles. The quantitative estimate of drug-likeness (QED) is 0.801. The van der Waals surface area contributed by atoms with Crippen molar-refractivity contribution in [2.75, 3.05) is 19.8 Å². The Balaban J connectivity index is 1.59. The molecule has 0 unspecified atom stereocenters. The van der Waals surface area contributed by atoms with E-state index in [2.05, 4.69) is 22.0 Å². The molecule has 3 heterocycles. The number of rotatable bonds is 6. The third-order valence-corrected chi connectivity index (χ3v) is 4.23. The highest BCUT2D eigenvalue weighted by molar-refractivity contribution is 4.89. The molecule has 21 heavy (non-hydrogen) atoms. The van der Waals surface area contributed by atoms with Crippen LogP contribution in [0.3, 0.4) is 0 Å². The van der Waals surface area contributed by atoms with Gasteiger partial charge in [-0.25, -0.2) is 0 Å². The van der Waals surface area contributed by atoms with Gasteiger partial charge in [0, 0.05) is 6.42 Å². The average Bonchev–Trinajstić information content (AvgIpc) is 3.17. The molecule has 2 aliphatic rings. The minimum Gasteiger partial charge on any atom is -0.349 e. The minimum atomic E-state index is -0.0900. The van der Waals surface area contributed by atoms with E-state index in [9.17, 15) is 0 Å². The molecule has 0 aromatic carbocycles. The van der Waals surface area contributed by atoms with Gasteiger partial charge in [-0.15, -0.1) is 0 Å².